The second-order valence-electron chi connectivity index (χ2n) is 6.73. The standard InChI is InChI=1S/C21H23N5O3S/c1-4-29-16-10-8-14(9-11-16)18-19(30-21-24-23-13(2)26(21)25-18)20(27)22-15-6-5-7-17(12-15)28-3/h5-12,18-19,25H,4H2,1-3H3,(H,22,27). The van der Waals surface area contributed by atoms with E-state index in [0.29, 0.717) is 23.2 Å². The van der Waals surface area contributed by atoms with Crippen molar-refractivity contribution in [1.82, 2.24) is 14.9 Å². The topological polar surface area (TPSA) is 90.3 Å². The van der Waals surface area contributed by atoms with E-state index in [1.807, 2.05) is 61.0 Å². The zero-order valence-electron chi connectivity index (χ0n) is 17.0. The van der Waals surface area contributed by atoms with E-state index in [1.54, 1.807) is 13.2 Å². The molecule has 156 valence electrons. The number of nitrogens with one attached hydrogen (secondary N) is 2. The third kappa shape index (κ3) is 4.06. The van der Waals surface area contributed by atoms with Crippen LogP contribution in [0, 0.1) is 6.92 Å². The van der Waals surface area contributed by atoms with E-state index in [0.717, 1.165) is 17.1 Å². The van der Waals surface area contributed by atoms with Gasteiger partial charge in [-0.1, -0.05) is 30.0 Å². The quantitative estimate of drug-likeness (QED) is 0.626. The molecular weight excluding hydrogens is 402 g/mol. The smallest absolute Gasteiger partial charge is 0.240 e. The lowest BCUT2D eigenvalue weighted by Crippen LogP contribution is -2.41. The highest BCUT2D eigenvalue weighted by Gasteiger charge is 2.37. The maximum Gasteiger partial charge on any atom is 0.240 e. The number of aryl methyl sites for hydroxylation is 1. The van der Waals surface area contributed by atoms with Gasteiger partial charge < -0.3 is 20.2 Å². The summed E-state index contributed by atoms with van der Waals surface area (Å²) < 4.78 is 12.6. The second kappa shape index (κ2) is 8.66. The molecule has 2 N–H and O–H groups in total. The molecule has 2 atom stereocenters. The van der Waals surface area contributed by atoms with E-state index in [-0.39, 0.29) is 11.9 Å². The molecule has 2 aromatic carbocycles. The number of benzene rings is 2. The normalized spacial score (nSPS) is 17.6. The molecule has 2 unspecified atom stereocenters. The van der Waals surface area contributed by atoms with Gasteiger partial charge in [0, 0.05) is 11.8 Å². The van der Waals surface area contributed by atoms with Crippen LogP contribution in [0.3, 0.4) is 0 Å². The van der Waals surface area contributed by atoms with Crippen molar-refractivity contribution in [2.24, 2.45) is 0 Å². The van der Waals surface area contributed by atoms with Crippen LogP contribution in [0.15, 0.2) is 53.7 Å². The zero-order chi connectivity index (χ0) is 21.1. The van der Waals surface area contributed by atoms with Gasteiger partial charge in [0.1, 0.15) is 22.6 Å². The van der Waals surface area contributed by atoms with Crippen molar-refractivity contribution < 1.29 is 14.3 Å². The number of ether oxygens (including phenoxy) is 2. The van der Waals surface area contributed by atoms with Crippen LogP contribution in [0.2, 0.25) is 0 Å². The first-order valence-corrected chi connectivity index (χ1v) is 10.5. The van der Waals surface area contributed by atoms with Gasteiger partial charge in [-0.15, -0.1) is 10.2 Å². The Hall–Kier alpha value is -3.20. The molecule has 3 aromatic rings. The molecule has 8 nitrogen and oxygen atoms in total. The summed E-state index contributed by atoms with van der Waals surface area (Å²) in [6.07, 6.45) is 0. The Labute approximate surface area is 179 Å². The fraction of sp³-hybridized carbons (Fsp3) is 0.286. The summed E-state index contributed by atoms with van der Waals surface area (Å²) >= 11 is 1.38. The second-order valence-corrected chi connectivity index (χ2v) is 7.84. The maximum atomic E-state index is 13.2. The largest absolute Gasteiger partial charge is 0.497 e. The van der Waals surface area contributed by atoms with E-state index in [9.17, 15) is 4.79 Å². The van der Waals surface area contributed by atoms with Crippen molar-refractivity contribution in [3.05, 3.63) is 59.9 Å². The van der Waals surface area contributed by atoms with E-state index < -0.39 is 5.25 Å². The monoisotopic (exact) mass is 425 g/mol. The number of carbonyl (C=O) groups is 1. The highest BCUT2D eigenvalue weighted by atomic mass is 32.2. The van der Waals surface area contributed by atoms with Crippen molar-refractivity contribution >= 4 is 23.4 Å². The van der Waals surface area contributed by atoms with Crippen LogP contribution in [-0.4, -0.2) is 39.7 Å². The van der Waals surface area contributed by atoms with Gasteiger partial charge in [-0.05, 0) is 43.7 Å². The highest BCUT2D eigenvalue weighted by molar-refractivity contribution is 8.00. The van der Waals surface area contributed by atoms with Crippen molar-refractivity contribution in [3.63, 3.8) is 0 Å². The number of nitrogens with zero attached hydrogens (tertiary/aromatic N) is 3. The number of thioether (sulfide) groups is 1. The Morgan fingerprint density at radius 2 is 2.00 bits per heavy atom. The lowest BCUT2D eigenvalue weighted by Gasteiger charge is -2.32. The van der Waals surface area contributed by atoms with Crippen LogP contribution in [0.1, 0.15) is 24.4 Å². The summed E-state index contributed by atoms with van der Waals surface area (Å²) in [6, 6.07) is 14.8. The number of amides is 1. The fourth-order valence-corrected chi connectivity index (χ4v) is 4.39. The van der Waals surface area contributed by atoms with Crippen LogP contribution >= 0.6 is 11.8 Å². The Kier molecular flexibility index (Phi) is 5.80. The number of anilines is 1. The van der Waals surface area contributed by atoms with Gasteiger partial charge in [0.15, 0.2) is 0 Å². The summed E-state index contributed by atoms with van der Waals surface area (Å²) in [5.41, 5.74) is 5.04. The molecule has 0 fully saturated rings. The molecule has 30 heavy (non-hydrogen) atoms. The van der Waals surface area contributed by atoms with Gasteiger partial charge in [-0.2, -0.15) is 0 Å². The van der Waals surface area contributed by atoms with Gasteiger partial charge >= 0.3 is 0 Å². The number of rotatable bonds is 6. The molecule has 4 rings (SSSR count). The first kappa shape index (κ1) is 20.1. The van der Waals surface area contributed by atoms with E-state index in [4.69, 9.17) is 9.47 Å². The van der Waals surface area contributed by atoms with E-state index in [1.165, 1.54) is 11.8 Å². The minimum atomic E-state index is -0.453. The summed E-state index contributed by atoms with van der Waals surface area (Å²) in [5, 5.41) is 11.5. The summed E-state index contributed by atoms with van der Waals surface area (Å²) in [5.74, 6) is 2.08. The number of hydrogen-bond donors (Lipinski definition) is 2. The van der Waals surface area contributed by atoms with Gasteiger partial charge in [-0.25, -0.2) is 4.68 Å². The molecule has 1 amide bonds. The summed E-state index contributed by atoms with van der Waals surface area (Å²) in [7, 11) is 1.60. The van der Waals surface area contributed by atoms with Crippen molar-refractivity contribution in [2.75, 3.05) is 24.5 Å². The maximum absolute atomic E-state index is 13.2. The Balaban J connectivity index is 1.62. The highest BCUT2D eigenvalue weighted by Crippen LogP contribution is 2.38. The van der Waals surface area contributed by atoms with E-state index in [2.05, 4.69) is 20.9 Å². The van der Waals surface area contributed by atoms with Crippen LogP contribution in [-0.2, 0) is 4.79 Å². The van der Waals surface area contributed by atoms with Gasteiger partial charge in [0.25, 0.3) is 0 Å². The molecule has 0 aliphatic carbocycles. The van der Waals surface area contributed by atoms with Gasteiger partial charge in [0.2, 0.25) is 11.1 Å². The van der Waals surface area contributed by atoms with E-state index >= 15 is 0 Å². The fourth-order valence-electron chi connectivity index (χ4n) is 3.26. The number of aromatic nitrogens is 3. The number of hydrogen-bond acceptors (Lipinski definition) is 7. The molecular formula is C21H23N5O3S. The minimum Gasteiger partial charge on any atom is -0.497 e. The van der Waals surface area contributed by atoms with Crippen molar-refractivity contribution in [2.45, 2.75) is 30.3 Å². The zero-order valence-corrected chi connectivity index (χ0v) is 17.8. The molecule has 2 heterocycles. The first-order valence-electron chi connectivity index (χ1n) is 9.62. The summed E-state index contributed by atoms with van der Waals surface area (Å²) in [4.78, 5) is 13.2. The SMILES string of the molecule is CCOc1ccc(C2Nn3c(C)nnc3SC2C(=O)Nc2cccc(OC)c2)cc1. The number of carbonyl (C=O) groups excluding carboxylic acids is 1. The lowest BCUT2D eigenvalue weighted by atomic mass is 10.0. The molecule has 1 aliphatic rings. The molecule has 0 spiro atoms. The van der Waals surface area contributed by atoms with Crippen LogP contribution in [0.25, 0.3) is 0 Å². The molecule has 0 bridgehead atoms. The third-order valence-corrected chi connectivity index (χ3v) is 5.96. The van der Waals surface area contributed by atoms with Crippen LogP contribution in [0.5, 0.6) is 11.5 Å². The summed E-state index contributed by atoms with van der Waals surface area (Å²) in [6.45, 7) is 4.42. The average molecular weight is 426 g/mol. The molecule has 1 aromatic heterocycles. The molecule has 0 radical (unpaired) electrons. The Morgan fingerprint density at radius 1 is 1.20 bits per heavy atom. The predicted octanol–water partition coefficient (Wildman–Crippen LogP) is 3.39. The molecule has 9 heteroatoms. The molecule has 0 saturated carbocycles. The third-order valence-electron chi connectivity index (χ3n) is 4.74. The lowest BCUT2D eigenvalue weighted by molar-refractivity contribution is -0.116. The van der Waals surface area contributed by atoms with Crippen LogP contribution in [0.4, 0.5) is 5.69 Å². The predicted molar refractivity (Wildman–Crippen MR) is 116 cm³/mol. The average Bonchev–Trinajstić information content (AvgIpc) is 3.13. The van der Waals surface area contributed by atoms with Crippen molar-refractivity contribution in [1.29, 1.82) is 0 Å². The Morgan fingerprint density at radius 3 is 2.73 bits per heavy atom. The number of methoxy groups -OCH3 is 1. The first-order chi connectivity index (χ1) is 14.6. The Bertz CT molecular complexity index is 1040. The number of fused-ring (bicyclic) bond motifs is 1. The van der Waals surface area contributed by atoms with Crippen LogP contribution < -0.4 is 20.2 Å². The van der Waals surface area contributed by atoms with Gasteiger partial charge in [-0.3, -0.25) is 4.79 Å². The minimum absolute atomic E-state index is 0.133. The van der Waals surface area contributed by atoms with Crippen molar-refractivity contribution in [3.8, 4) is 11.5 Å². The molecule has 0 saturated heterocycles. The van der Waals surface area contributed by atoms with Gasteiger partial charge in [0.05, 0.1) is 19.8 Å². The molecule has 1 aliphatic heterocycles.